The molecule has 0 aliphatic rings. The van der Waals surface area contributed by atoms with Crippen molar-refractivity contribution >= 4 is 21.9 Å². The van der Waals surface area contributed by atoms with Gasteiger partial charge in [0.25, 0.3) is 0 Å². The summed E-state index contributed by atoms with van der Waals surface area (Å²) in [7, 11) is 1.24. The SMILES string of the molecule is COC(=O)C(Br)COc1ccc(OC(F)(F)F)cc1. The number of benzene rings is 1. The first-order valence-electron chi connectivity index (χ1n) is 5.02. The highest BCUT2D eigenvalue weighted by atomic mass is 79.9. The Hall–Kier alpha value is -1.44. The number of halogens is 4. The summed E-state index contributed by atoms with van der Waals surface area (Å²) in [5.74, 6) is -0.539. The van der Waals surface area contributed by atoms with Gasteiger partial charge in [0.2, 0.25) is 0 Å². The average Bonchev–Trinajstić information content (AvgIpc) is 2.34. The fraction of sp³-hybridized carbons (Fsp3) is 0.364. The zero-order chi connectivity index (χ0) is 14.5. The smallest absolute Gasteiger partial charge is 0.492 e. The van der Waals surface area contributed by atoms with Gasteiger partial charge in [0.05, 0.1) is 7.11 Å². The molecule has 1 atom stereocenters. The minimum atomic E-state index is -4.73. The molecule has 0 spiro atoms. The number of rotatable bonds is 5. The Labute approximate surface area is 115 Å². The van der Waals surface area contributed by atoms with E-state index >= 15 is 0 Å². The lowest BCUT2D eigenvalue weighted by Crippen LogP contribution is -2.22. The molecule has 19 heavy (non-hydrogen) atoms. The van der Waals surface area contributed by atoms with E-state index in [9.17, 15) is 18.0 Å². The third-order valence-electron chi connectivity index (χ3n) is 1.91. The zero-order valence-electron chi connectivity index (χ0n) is 9.74. The summed E-state index contributed by atoms with van der Waals surface area (Å²) in [5.41, 5.74) is 0. The van der Waals surface area contributed by atoms with Crippen LogP contribution in [0.5, 0.6) is 11.5 Å². The van der Waals surface area contributed by atoms with Gasteiger partial charge in [0, 0.05) is 0 Å². The van der Waals surface area contributed by atoms with Crippen LogP contribution in [-0.4, -0.2) is 30.9 Å². The van der Waals surface area contributed by atoms with Gasteiger partial charge in [0.15, 0.2) is 0 Å². The molecule has 1 aromatic rings. The Kier molecular flexibility index (Phi) is 5.46. The quantitative estimate of drug-likeness (QED) is 0.609. The van der Waals surface area contributed by atoms with Crippen LogP contribution in [0.3, 0.4) is 0 Å². The fourth-order valence-corrected chi connectivity index (χ4v) is 1.42. The summed E-state index contributed by atoms with van der Waals surface area (Å²) < 4.78 is 49.1. The molecule has 1 unspecified atom stereocenters. The van der Waals surface area contributed by atoms with Gasteiger partial charge in [-0.15, -0.1) is 13.2 Å². The maximum Gasteiger partial charge on any atom is 0.573 e. The van der Waals surface area contributed by atoms with Crippen molar-refractivity contribution in [2.45, 2.75) is 11.2 Å². The van der Waals surface area contributed by atoms with Crippen LogP contribution in [0, 0.1) is 0 Å². The summed E-state index contributed by atoms with van der Waals surface area (Å²) in [4.78, 5) is 10.4. The zero-order valence-corrected chi connectivity index (χ0v) is 11.3. The summed E-state index contributed by atoms with van der Waals surface area (Å²) >= 11 is 3.04. The summed E-state index contributed by atoms with van der Waals surface area (Å²) in [6, 6.07) is 4.84. The minimum absolute atomic E-state index is 0.00779. The van der Waals surface area contributed by atoms with E-state index in [1.165, 1.54) is 19.2 Å². The van der Waals surface area contributed by atoms with Crippen molar-refractivity contribution in [2.24, 2.45) is 0 Å². The maximum atomic E-state index is 11.9. The van der Waals surface area contributed by atoms with Crippen LogP contribution in [0.25, 0.3) is 0 Å². The van der Waals surface area contributed by atoms with Gasteiger partial charge in [-0.3, -0.25) is 4.79 Å². The molecule has 0 aliphatic heterocycles. The van der Waals surface area contributed by atoms with Crippen molar-refractivity contribution in [1.82, 2.24) is 0 Å². The van der Waals surface area contributed by atoms with Crippen molar-refractivity contribution in [3.05, 3.63) is 24.3 Å². The number of alkyl halides is 4. The molecule has 4 nitrogen and oxygen atoms in total. The average molecular weight is 343 g/mol. The van der Waals surface area contributed by atoms with E-state index in [1.54, 1.807) is 0 Å². The Morgan fingerprint density at radius 3 is 2.26 bits per heavy atom. The van der Waals surface area contributed by atoms with Gasteiger partial charge >= 0.3 is 12.3 Å². The third kappa shape index (κ3) is 5.82. The molecule has 0 amide bonds. The first kappa shape index (κ1) is 15.6. The van der Waals surface area contributed by atoms with E-state index in [-0.39, 0.29) is 12.4 Å². The number of carbonyl (C=O) groups is 1. The molecule has 0 radical (unpaired) electrons. The predicted molar refractivity (Wildman–Crippen MR) is 63.4 cm³/mol. The van der Waals surface area contributed by atoms with Crippen molar-refractivity contribution in [1.29, 1.82) is 0 Å². The van der Waals surface area contributed by atoms with Gasteiger partial charge < -0.3 is 14.2 Å². The number of ether oxygens (including phenoxy) is 3. The second kappa shape index (κ2) is 6.65. The van der Waals surface area contributed by atoms with E-state index < -0.39 is 17.2 Å². The summed E-state index contributed by atoms with van der Waals surface area (Å²) in [5, 5.41) is 0. The minimum Gasteiger partial charge on any atom is -0.492 e. The first-order chi connectivity index (χ1) is 8.81. The molecule has 0 heterocycles. The van der Waals surface area contributed by atoms with Gasteiger partial charge in [-0.2, -0.15) is 0 Å². The highest BCUT2D eigenvalue weighted by Crippen LogP contribution is 2.24. The fourth-order valence-electron chi connectivity index (χ4n) is 1.10. The molecular formula is C11H10BrF3O4. The van der Waals surface area contributed by atoms with E-state index in [0.717, 1.165) is 12.1 Å². The number of methoxy groups -OCH3 is 1. The molecule has 106 valence electrons. The third-order valence-corrected chi connectivity index (χ3v) is 2.55. The summed E-state index contributed by atoms with van der Waals surface area (Å²) in [6.45, 7) is -0.00779. The van der Waals surface area contributed by atoms with Crippen molar-refractivity contribution < 1.29 is 32.2 Å². The molecule has 0 aliphatic carbocycles. The van der Waals surface area contributed by atoms with Crippen molar-refractivity contribution in [2.75, 3.05) is 13.7 Å². The second-order valence-electron chi connectivity index (χ2n) is 3.32. The van der Waals surface area contributed by atoms with Gasteiger partial charge in [-0.1, -0.05) is 15.9 Å². The molecule has 0 bridgehead atoms. The molecule has 1 rings (SSSR count). The van der Waals surface area contributed by atoms with Crippen LogP contribution in [0.4, 0.5) is 13.2 Å². The molecule has 0 saturated carbocycles. The molecular weight excluding hydrogens is 333 g/mol. The number of hydrogen-bond donors (Lipinski definition) is 0. The Bertz CT molecular complexity index is 419. The molecule has 0 saturated heterocycles. The Balaban J connectivity index is 2.51. The van der Waals surface area contributed by atoms with Crippen LogP contribution in [-0.2, 0) is 9.53 Å². The van der Waals surface area contributed by atoms with Gasteiger partial charge in [-0.05, 0) is 24.3 Å². The largest absolute Gasteiger partial charge is 0.573 e. The van der Waals surface area contributed by atoms with E-state index in [2.05, 4.69) is 25.4 Å². The number of carbonyl (C=O) groups excluding carboxylic acids is 1. The topological polar surface area (TPSA) is 44.8 Å². The number of hydrogen-bond acceptors (Lipinski definition) is 4. The highest BCUT2D eigenvalue weighted by Gasteiger charge is 2.31. The summed E-state index contributed by atoms with van der Waals surface area (Å²) in [6.07, 6.45) is -4.73. The molecule has 0 fully saturated rings. The van der Waals surface area contributed by atoms with Crippen LogP contribution in [0.1, 0.15) is 0 Å². The highest BCUT2D eigenvalue weighted by molar-refractivity contribution is 9.10. The lowest BCUT2D eigenvalue weighted by atomic mass is 10.3. The normalized spacial score (nSPS) is 12.7. The monoisotopic (exact) mass is 342 g/mol. The van der Waals surface area contributed by atoms with E-state index in [4.69, 9.17) is 4.74 Å². The molecule has 0 aromatic heterocycles. The van der Waals surface area contributed by atoms with Gasteiger partial charge in [0.1, 0.15) is 22.9 Å². The lowest BCUT2D eigenvalue weighted by Gasteiger charge is -2.11. The molecule has 1 aromatic carbocycles. The predicted octanol–water partition coefficient (Wildman–Crippen LogP) is 2.90. The maximum absolute atomic E-state index is 11.9. The Morgan fingerprint density at radius 2 is 1.79 bits per heavy atom. The first-order valence-corrected chi connectivity index (χ1v) is 5.94. The van der Waals surface area contributed by atoms with E-state index in [0.29, 0.717) is 5.75 Å². The van der Waals surface area contributed by atoms with Crippen molar-refractivity contribution in [3.63, 3.8) is 0 Å². The van der Waals surface area contributed by atoms with Crippen LogP contribution in [0.15, 0.2) is 24.3 Å². The molecule has 8 heteroatoms. The second-order valence-corrected chi connectivity index (χ2v) is 4.43. The standard InChI is InChI=1S/C11H10BrF3O4/c1-17-10(16)9(12)6-18-7-2-4-8(5-3-7)19-11(13,14)15/h2-5,9H,6H2,1H3. The van der Waals surface area contributed by atoms with Crippen LogP contribution >= 0.6 is 15.9 Å². The Morgan fingerprint density at radius 1 is 1.26 bits per heavy atom. The van der Waals surface area contributed by atoms with Gasteiger partial charge in [-0.25, -0.2) is 0 Å². The molecule has 0 N–H and O–H groups in total. The van der Waals surface area contributed by atoms with E-state index in [1.807, 2.05) is 0 Å². The van der Waals surface area contributed by atoms with Crippen LogP contribution < -0.4 is 9.47 Å². The van der Waals surface area contributed by atoms with Crippen molar-refractivity contribution in [3.8, 4) is 11.5 Å². The number of esters is 1. The van der Waals surface area contributed by atoms with Crippen LogP contribution in [0.2, 0.25) is 0 Å². The lowest BCUT2D eigenvalue weighted by molar-refractivity contribution is -0.274.